The average Bonchev–Trinajstić information content (AvgIpc) is 3.27. The van der Waals surface area contributed by atoms with Crippen molar-refractivity contribution in [1.29, 1.82) is 0 Å². The first kappa shape index (κ1) is 19.9. The first-order valence-corrected chi connectivity index (χ1v) is 10.1. The molecule has 1 aliphatic carbocycles. The molecule has 1 saturated carbocycles. The lowest BCUT2D eigenvalue weighted by atomic mass is 10.1. The number of amides is 1. The van der Waals surface area contributed by atoms with E-state index in [2.05, 4.69) is 51.3 Å². The fourth-order valence-corrected chi connectivity index (χ4v) is 3.57. The van der Waals surface area contributed by atoms with Crippen molar-refractivity contribution in [1.82, 2.24) is 10.6 Å². The van der Waals surface area contributed by atoms with E-state index in [-0.39, 0.29) is 11.8 Å². The van der Waals surface area contributed by atoms with Gasteiger partial charge in [0.25, 0.3) is 0 Å². The summed E-state index contributed by atoms with van der Waals surface area (Å²) in [5.41, 5.74) is 3.27. The minimum Gasteiger partial charge on any atom is -0.356 e. The van der Waals surface area contributed by atoms with Gasteiger partial charge < -0.3 is 16.0 Å². The highest BCUT2D eigenvalue weighted by Crippen LogP contribution is 2.26. The van der Waals surface area contributed by atoms with Crippen molar-refractivity contribution >= 4 is 17.6 Å². The molecule has 0 atom stereocenters. The zero-order chi connectivity index (χ0) is 19.6. The maximum absolute atomic E-state index is 12.3. The third-order valence-electron chi connectivity index (χ3n) is 5.15. The largest absolute Gasteiger partial charge is 0.356 e. The zero-order valence-corrected chi connectivity index (χ0v) is 16.6. The molecule has 5 heteroatoms. The van der Waals surface area contributed by atoms with Crippen LogP contribution in [-0.4, -0.2) is 25.5 Å². The molecule has 0 unspecified atom stereocenters. The highest BCUT2D eigenvalue weighted by molar-refractivity contribution is 5.92. The number of hydrogen-bond donors (Lipinski definition) is 3. The van der Waals surface area contributed by atoms with Gasteiger partial charge in [-0.05, 0) is 42.5 Å². The molecule has 148 valence electrons. The molecule has 1 fully saturated rings. The summed E-state index contributed by atoms with van der Waals surface area (Å²) in [6, 6.07) is 18.4. The zero-order valence-electron chi connectivity index (χ0n) is 16.6. The van der Waals surface area contributed by atoms with Crippen molar-refractivity contribution in [2.24, 2.45) is 10.9 Å². The Labute approximate surface area is 167 Å². The van der Waals surface area contributed by atoms with Crippen molar-refractivity contribution < 1.29 is 4.79 Å². The molecule has 0 spiro atoms. The van der Waals surface area contributed by atoms with Gasteiger partial charge in [0.05, 0.1) is 0 Å². The molecule has 0 bridgehead atoms. The Hall–Kier alpha value is -2.82. The van der Waals surface area contributed by atoms with Crippen LogP contribution in [0.5, 0.6) is 0 Å². The molecule has 3 N–H and O–H groups in total. The molecular weight excluding hydrogens is 348 g/mol. The number of rotatable bonds is 7. The third kappa shape index (κ3) is 6.12. The van der Waals surface area contributed by atoms with E-state index in [9.17, 15) is 4.79 Å². The minimum atomic E-state index is 0.154. The van der Waals surface area contributed by atoms with Crippen LogP contribution >= 0.6 is 0 Å². The van der Waals surface area contributed by atoms with Crippen LogP contribution in [0.3, 0.4) is 0 Å². The van der Waals surface area contributed by atoms with Crippen molar-refractivity contribution in [2.75, 3.05) is 18.9 Å². The van der Waals surface area contributed by atoms with Crippen LogP contribution in [-0.2, 0) is 17.8 Å². The Morgan fingerprint density at radius 2 is 1.75 bits per heavy atom. The second kappa shape index (κ2) is 10.5. The lowest BCUT2D eigenvalue weighted by Gasteiger charge is -2.14. The summed E-state index contributed by atoms with van der Waals surface area (Å²) in [6.07, 6.45) is 5.30. The first-order chi connectivity index (χ1) is 13.7. The number of carbonyl (C=O) groups is 1. The number of guanidine groups is 1. The van der Waals surface area contributed by atoms with Crippen molar-refractivity contribution in [3.8, 4) is 0 Å². The van der Waals surface area contributed by atoms with Gasteiger partial charge in [-0.25, -0.2) is 0 Å². The molecule has 28 heavy (non-hydrogen) atoms. The van der Waals surface area contributed by atoms with E-state index in [4.69, 9.17) is 0 Å². The van der Waals surface area contributed by atoms with E-state index >= 15 is 0 Å². The Morgan fingerprint density at radius 1 is 1.00 bits per heavy atom. The lowest BCUT2D eigenvalue weighted by molar-refractivity contribution is -0.119. The van der Waals surface area contributed by atoms with Crippen LogP contribution in [0.25, 0.3) is 0 Å². The van der Waals surface area contributed by atoms with Crippen molar-refractivity contribution in [2.45, 2.75) is 38.6 Å². The molecular formula is C23H30N4O. The second-order valence-electron chi connectivity index (χ2n) is 7.26. The monoisotopic (exact) mass is 378 g/mol. The number of benzene rings is 2. The summed E-state index contributed by atoms with van der Waals surface area (Å²) in [5, 5.41) is 9.74. The van der Waals surface area contributed by atoms with Crippen LogP contribution in [0.15, 0.2) is 59.6 Å². The van der Waals surface area contributed by atoms with Crippen LogP contribution in [0.1, 0.15) is 36.8 Å². The minimum absolute atomic E-state index is 0.154. The number of hydrogen-bond acceptors (Lipinski definition) is 2. The number of carbonyl (C=O) groups excluding carboxylic acids is 1. The predicted octanol–water partition coefficient (Wildman–Crippen LogP) is 3.72. The van der Waals surface area contributed by atoms with Gasteiger partial charge in [-0.3, -0.25) is 9.79 Å². The number of nitrogens with zero attached hydrogens (tertiary/aromatic N) is 1. The lowest BCUT2D eigenvalue weighted by Crippen LogP contribution is -2.37. The second-order valence-corrected chi connectivity index (χ2v) is 7.26. The molecule has 0 radical (unpaired) electrons. The van der Waals surface area contributed by atoms with Gasteiger partial charge in [0, 0.05) is 31.7 Å². The predicted molar refractivity (Wildman–Crippen MR) is 115 cm³/mol. The van der Waals surface area contributed by atoms with E-state index < -0.39 is 0 Å². The summed E-state index contributed by atoms with van der Waals surface area (Å²) >= 11 is 0. The van der Waals surface area contributed by atoms with E-state index in [1.54, 1.807) is 7.05 Å². The standard InChI is InChI=1S/C23H30N4O/c1-24-23(25-15-14-18-8-3-2-4-9-18)26-17-19-10-7-13-21(16-19)27-22(28)20-11-5-6-12-20/h2-4,7-10,13,16,20H,5-6,11-12,14-15,17H2,1H3,(H,27,28)(H2,24,25,26). The number of anilines is 1. The van der Waals surface area contributed by atoms with Crippen LogP contribution in [0.4, 0.5) is 5.69 Å². The quantitative estimate of drug-likeness (QED) is 0.508. The topological polar surface area (TPSA) is 65.5 Å². The third-order valence-corrected chi connectivity index (χ3v) is 5.15. The normalized spacial score (nSPS) is 14.7. The molecule has 3 rings (SSSR count). The average molecular weight is 379 g/mol. The molecule has 5 nitrogen and oxygen atoms in total. The SMILES string of the molecule is CN=C(NCCc1ccccc1)NCc1cccc(NC(=O)C2CCCC2)c1. The molecule has 0 aliphatic heterocycles. The Kier molecular flexibility index (Phi) is 7.47. The van der Waals surface area contributed by atoms with E-state index in [0.717, 1.165) is 43.0 Å². The number of aliphatic imine (C=N–C) groups is 1. The van der Waals surface area contributed by atoms with Crippen LogP contribution in [0, 0.1) is 5.92 Å². The molecule has 0 heterocycles. The van der Waals surface area contributed by atoms with Gasteiger partial charge in [0.1, 0.15) is 0 Å². The highest BCUT2D eigenvalue weighted by atomic mass is 16.1. The molecule has 1 aliphatic rings. The van der Waals surface area contributed by atoms with Crippen molar-refractivity contribution in [3.05, 3.63) is 65.7 Å². The van der Waals surface area contributed by atoms with E-state index in [1.807, 2.05) is 24.3 Å². The van der Waals surface area contributed by atoms with E-state index in [1.165, 1.54) is 18.4 Å². The number of nitrogens with one attached hydrogen (secondary N) is 3. The smallest absolute Gasteiger partial charge is 0.227 e. The summed E-state index contributed by atoms with van der Waals surface area (Å²) < 4.78 is 0. The summed E-state index contributed by atoms with van der Waals surface area (Å²) in [7, 11) is 1.77. The maximum atomic E-state index is 12.3. The van der Waals surface area contributed by atoms with Crippen LogP contribution in [0.2, 0.25) is 0 Å². The fraction of sp³-hybridized carbons (Fsp3) is 0.391. The summed E-state index contributed by atoms with van der Waals surface area (Å²) in [4.78, 5) is 16.6. The van der Waals surface area contributed by atoms with Crippen molar-refractivity contribution in [3.63, 3.8) is 0 Å². The molecule has 0 saturated heterocycles. The van der Waals surface area contributed by atoms with Gasteiger partial charge in [-0.1, -0.05) is 55.3 Å². The van der Waals surface area contributed by atoms with E-state index in [0.29, 0.717) is 6.54 Å². The van der Waals surface area contributed by atoms with Gasteiger partial charge in [0.15, 0.2) is 5.96 Å². The Balaban J connectivity index is 1.45. The van der Waals surface area contributed by atoms with Crippen LogP contribution < -0.4 is 16.0 Å². The molecule has 1 amide bonds. The van der Waals surface area contributed by atoms with Gasteiger partial charge in [-0.2, -0.15) is 0 Å². The maximum Gasteiger partial charge on any atom is 0.227 e. The van der Waals surface area contributed by atoms with Gasteiger partial charge in [-0.15, -0.1) is 0 Å². The molecule has 2 aromatic carbocycles. The van der Waals surface area contributed by atoms with Gasteiger partial charge in [0.2, 0.25) is 5.91 Å². The summed E-state index contributed by atoms with van der Waals surface area (Å²) in [5.74, 6) is 1.10. The highest BCUT2D eigenvalue weighted by Gasteiger charge is 2.22. The first-order valence-electron chi connectivity index (χ1n) is 10.1. The fourth-order valence-electron chi connectivity index (χ4n) is 3.57. The molecule has 0 aromatic heterocycles. The molecule has 2 aromatic rings. The Morgan fingerprint density at radius 3 is 2.50 bits per heavy atom. The summed E-state index contributed by atoms with van der Waals surface area (Å²) in [6.45, 7) is 1.47. The van der Waals surface area contributed by atoms with Gasteiger partial charge >= 0.3 is 0 Å². The Bertz CT molecular complexity index is 782.